The fourth-order valence-electron chi connectivity index (χ4n) is 5.43. The Morgan fingerprint density at radius 2 is 1.39 bits per heavy atom. The molecule has 3 nitrogen and oxygen atoms in total. The van der Waals surface area contributed by atoms with Gasteiger partial charge in [-0.05, 0) is 40.5 Å². The third-order valence-corrected chi connectivity index (χ3v) is 7.00. The molecule has 4 aromatic rings. The highest BCUT2D eigenvalue weighted by atomic mass is 16.5. The fourth-order valence-corrected chi connectivity index (χ4v) is 5.43. The fraction of sp³-hybridized carbons (Fsp3) is 0.167. The van der Waals surface area contributed by atoms with Gasteiger partial charge in [-0.3, -0.25) is 0 Å². The summed E-state index contributed by atoms with van der Waals surface area (Å²) < 4.78 is 12.1. The standard InChI is InChI=1S/C30H24O3/c1-30(2)25-15-7-8-16-26(25)33-27-17-9-14-23(28(27)30)29(31)32-18-24-21-12-5-3-10-19(21)20-11-4-6-13-22(20)24/h3-17,24H,18H2,1-2H3. The summed E-state index contributed by atoms with van der Waals surface area (Å²) in [6, 6.07) is 30.4. The van der Waals surface area contributed by atoms with Crippen LogP contribution in [0.25, 0.3) is 11.1 Å². The Morgan fingerprint density at radius 1 is 0.788 bits per heavy atom. The molecule has 0 aromatic heterocycles. The van der Waals surface area contributed by atoms with E-state index in [1.165, 1.54) is 22.3 Å². The van der Waals surface area contributed by atoms with Gasteiger partial charge in [-0.25, -0.2) is 4.79 Å². The SMILES string of the molecule is CC1(C)c2ccccc2Oc2cccc(C(=O)OCC3c4ccccc4-c4ccccc43)c21. The Balaban J connectivity index is 1.33. The van der Waals surface area contributed by atoms with Gasteiger partial charge in [0.05, 0.1) is 5.56 Å². The van der Waals surface area contributed by atoms with E-state index in [4.69, 9.17) is 9.47 Å². The van der Waals surface area contributed by atoms with Gasteiger partial charge in [-0.1, -0.05) is 86.6 Å². The van der Waals surface area contributed by atoms with Crippen LogP contribution in [0.4, 0.5) is 0 Å². The lowest BCUT2D eigenvalue weighted by molar-refractivity contribution is 0.0490. The quantitative estimate of drug-likeness (QED) is 0.324. The maximum atomic E-state index is 13.4. The number of hydrogen-bond acceptors (Lipinski definition) is 3. The van der Waals surface area contributed by atoms with E-state index in [1.54, 1.807) is 0 Å². The molecule has 4 aromatic carbocycles. The van der Waals surface area contributed by atoms with Crippen LogP contribution in [0.2, 0.25) is 0 Å². The zero-order valence-corrected chi connectivity index (χ0v) is 18.7. The molecule has 0 amide bonds. The molecule has 0 saturated carbocycles. The van der Waals surface area contributed by atoms with Gasteiger partial charge in [0, 0.05) is 22.5 Å². The predicted molar refractivity (Wildman–Crippen MR) is 129 cm³/mol. The van der Waals surface area contributed by atoms with Crippen molar-refractivity contribution in [2.24, 2.45) is 0 Å². The molecule has 3 heteroatoms. The molecule has 162 valence electrons. The molecule has 0 unspecified atom stereocenters. The van der Waals surface area contributed by atoms with Crippen molar-refractivity contribution < 1.29 is 14.3 Å². The lowest BCUT2D eigenvalue weighted by Gasteiger charge is -2.35. The molecule has 0 spiro atoms. The van der Waals surface area contributed by atoms with Crippen LogP contribution in [0, 0.1) is 0 Å². The van der Waals surface area contributed by atoms with E-state index in [-0.39, 0.29) is 17.3 Å². The first-order valence-corrected chi connectivity index (χ1v) is 11.3. The minimum Gasteiger partial charge on any atom is -0.461 e. The largest absolute Gasteiger partial charge is 0.461 e. The van der Waals surface area contributed by atoms with Crippen molar-refractivity contribution >= 4 is 5.97 Å². The van der Waals surface area contributed by atoms with Crippen LogP contribution < -0.4 is 4.74 Å². The van der Waals surface area contributed by atoms with Crippen molar-refractivity contribution in [1.82, 2.24) is 0 Å². The molecule has 0 fully saturated rings. The Hall–Kier alpha value is -3.85. The molecular weight excluding hydrogens is 408 g/mol. The summed E-state index contributed by atoms with van der Waals surface area (Å²) in [5, 5.41) is 0. The van der Waals surface area contributed by atoms with E-state index in [0.29, 0.717) is 17.9 Å². The number of carbonyl (C=O) groups excluding carboxylic acids is 1. The maximum Gasteiger partial charge on any atom is 0.338 e. The number of para-hydroxylation sites is 1. The molecule has 0 N–H and O–H groups in total. The van der Waals surface area contributed by atoms with E-state index in [2.05, 4.69) is 56.3 Å². The lowest BCUT2D eigenvalue weighted by atomic mass is 9.74. The average Bonchev–Trinajstić information content (AvgIpc) is 3.16. The normalized spacial score (nSPS) is 15.0. The highest BCUT2D eigenvalue weighted by molar-refractivity contribution is 5.93. The summed E-state index contributed by atoms with van der Waals surface area (Å²) >= 11 is 0. The zero-order valence-electron chi connectivity index (χ0n) is 18.7. The molecule has 1 aliphatic carbocycles. The summed E-state index contributed by atoms with van der Waals surface area (Å²) in [6.45, 7) is 4.56. The highest BCUT2D eigenvalue weighted by Crippen LogP contribution is 2.49. The number of ether oxygens (including phenoxy) is 2. The van der Waals surface area contributed by atoms with E-state index in [0.717, 1.165) is 16.9 Å². The first-order valence-electron chi connectivity index (χ1n) is 11.3. The summed E-state index contributed by atoms with van der Waals surface area (Å²) in [7, 11) is 0. The Morgan fingerprint density at radius 3 is 2.12 bits per heavy atom. The molecule has 1 aliphatic heterocycles. The number of rotatable bonds is 3. The summed E-state index contributed by atoms with van der Waals surface area (Å²) in [4.78, 5) is 13.4. The minimum absolute atomic E-state index is 0.0332. The number of carbonyl (C=O) groups is 1. The average molecular weight is 433 g/mol. The molecule has 0 radical (unpaired) electrons. The molecule has 33 heavy (non-hydrogen) atoms. The third kappa shape index (κ3) is 3.00. The van der Waals surface area contributed by atoms with Gasteiger partial charge in [0.25, 0.3) is 0 Å². The van der Waals surface area contributed by atoms with Gasteiger partial charge in [0.15, 0.2) is 0 Å². The van der Waals surface area contributed by atoms with Crippen molar-refractivity contribution in [3.8, 4) is 22.6 Å². The highest BCUT2D eigenvalue weighted by Gasteiger charge is 2.38. The second-order valence-electron chi connectivity index (χ2n) is 9.23. The van der Waals surface area contributed by atoms with Gasteiger partial charge in [-0.15, -0.1) is 0 Å². The summed E-state index contributed by atoms with van der Waals surface area (Å²) in [5.74, 6) is 1.26. The molecule has 0 saturated heterocycles. The van der Waals surface area contributed by atoms with Crippen LogP contribution in [0.3, 0.4) is 0 Å². The van der Waals surface area contributed by atoms with E-state index in [1.807, 2.05) is 48.5 Å². The van der Waals surface area contributed by atoms with Crippen LogP contribution in [0.15, 0.2) is 91.0 Å². The van der Waals surface area contributed by atoms with E-state index >= 15 is 0 Å². The third-order valence-electron chi connectivity index (χ3n) is 7.00. The van der Waals surface area contributed by atoms with Gasteiger partial charge < -0.3 is 9.47 Å². The second kappa shape index (κ2) is 7.35. The van der Waals surface area contributed by atoms with Crippen LogP contribution in [-0.4, -0.2) is 12.6 Å². The predicted octanol–water partition coefficient (Wildman–Crippen LogP) is 7.09. The Bertz CT molecular complexity index is 1350. The van der Waals surface area contributed by atoms with Gasteiger partial charge >= 0.3 is 5.97 Å². The van der Waals surface area contributed by atoms with Gasteiger partial charge in [-0.2, -0.15) is 0 Å². The molecule has 6 rings (SSSR count). The van der Waals surface area contributed by atoms with Crippen LogP contribution in [0.5, 0.6) is 11.5 Å². The lowest BCUT2D eigenvalue weighted by Crippen LogP contribution is -2.28. The van der Waals surface area contributed by atoms with E-state index in [9.17, 15) is 4.79 Å². The van der Waals surface area contributed by atoms with Crippen molar-refractivity contribution in [2.75, 3.05) is 6.61 Å². The van der Waals surface area contributed by atoms with Crippen molar-refractivity contribution in [2.45, 2.75) is 25.2 Å². The number of hydrogen-bond donors (Lipinski definition) is 0. The van der Waals surface area contributed by atoms with E-state index < -0.39 is 0 Å². The number of fused-ring (bicyclic) bond motifs is 5. The van der Waals surface area contributed by atoms with Crippen molar-refractivity contribution in [3.63, 3.8) is 0 Å². The molecule has 0 bridgehead atoms. The summed E-state index contributed by atoms with van der Waals surface area (Å²) in [6.07, 6.45) is 0. The molecule has 0 atom stereocenters. The Kier molecular flexibility index (Phi) is 4.41. The van der Waals surface area contributed by atoms with Crippen LogP contribution in [-0.2, 0) is 10.2 Å². The number of benzene rings is 4. The number of esters is 1. The van der Waals surface area contributed by atoms with Crippen LogP contribution >= 0.6 is 0 Å². The molecular formula is C30H24O3. The molecule has 2 aliphatic rings. The van der Waals surface area contributed by atoms with Gasteiger partial charge in [0.2, 0.25) is 0 Å². The molecule has 1 heterocycles. The Labute approximate surface area is 193 Å². The first-order chi connectivity index (χ1) is 16.1. The van der Waals surface area contributed by atoms with Crippen molar-refractivity contribution in [3.05, 3.63) is 119 Å². The maximum absolute atomic E-state index is 13.4. The summed E-state index contributed by atoms with van der Waals surface area (Å²) in [5.41, 5.74) is 6.98. The first kappa shape index (κ1) is 19.8. The van der Waals surface area contributed by atoms with Gasteiger partial charge in [0.1, 0.15) is 18.1 Å². The van der Waals surface area contributed by atoms with Crippen LogP contribution in [0.1, 0.15) is 52.4 Å². The minimum atomic E-state index is -0.383. The van der Waals surface area contributed by atoms with Crippen molar-refractivity contribution in [1.29, 1.82) is 0 Å². The zero-order chi connectivity index (χ0) is 22.6. The smallest absolute Gasteiger partial charge is 0.338 e. The topological polar surface area (TPSA) is 35.5 Å². The second-order valence-corrected chi connectivity index (χ2v) is 9.23. The monoisotopic (exact) mass is 432 g/mol.